The van der Waals surface area contributed by atoms with Gasteiger partial charge in [-0.1, -0.05) is 17.2 Å². The van der Waals surface area contributed by atoms with Crippen LogP contribution in [0.2, 0.25) is 0 Å². The van der Waals surface area contributed by atoms with Crippen LogP contribution >= 0.6 is 17.2 Å². The molecule has 0 aliphatic carbocycles. The molecule has 0 radical (unpaired) electrons. The molecule has 0 N–H and O–H groups in total. The van der Waals surface area contributed by atoms with E-state index in [0.717, 1.165) is 25.4 Å². The van der Waals surface area contributed by atoms with Gasteiger partial charge in [-0.05, 0) is 88.5 Å². The van der Waals surface area contributed by atoms with Crippen LogP contribution in [0.1, 0.15) is 76.2 Å². The molecule has 31 heavy (non-hydrogen) atoms. The molecule has 0 aromatic rings. The minimum absolute atomic E-state index is 0.0566. The predicted octanol–water partition coefficient (Wildman–Crippen LogP) is 5.69. The molecule has 0 spiro atoms. The van der Waals surface area contributed by atoms with Crippen molar-refractivity contribution in [2.24, 2.45) is 0 Å². The Balaban J connectivity index is 4.89. The second-order valence-corrected chi connectivity index (χ2v) is 12.8. The van der Waals surface area contributed by atoms with Gasteiger partial charge >= 0.3 is 0 Å². The van der Waals surface area contributed by atoms with E-state index in [-0.39, 0.29) is 30.6 Å². The third-order valence-corrected chi connectivity index (χ3v) is 7.09. The molecule has 3 atom stereocenters. The predicted molar refractivity (Wildman–Crippen MR) is 136 cm³/mol. The van der Waals surface area contributed by atoms with E-state index in [1.54, 1.807) is 7.11 Å². The summed E-state index contributed by atoms with van der Waals surface area (Å²) in [4.78, 5) is 2.39. The van der Waals surface area contributed by atoms with Crippen LogP contribution in [0.15, 0.2) is 0 Å². The van der Waals surface area contributed by atoms with Crippen LogP contribution in [0.3, 0.4) is 0 Å². The molecule has 188 valence electrons. The molecular formula is C23H51NO5P2. The van der Waals surface area contributed by atoms with Crippen molar-refractivity contribution in [1.29, 1.82) is 0 Å². The van der Waals surface area contributed by atoms with Crippen molar-refractivity contribution in [3.05, 3.63) is 0 Å². The van der Waals surface area contributed by atoms with Gasteiger partial charge in [-0.15, -0.1) is 0 Å². The number of methoxy groups -OCH3 is 1. The number of ether oxygens (including phenoxy) is 5. The molecule has 0 rings (SSSR count). The first-order valence-electron chi connectivity index (χ1n) is 11.7. The van der Waals surface area contributed by atoms with Gasteiger partial charge in [0.25, 0.3) is 0 Å². The zero-order chi connectivity index (χ0) is 24.2. The molecule has 3 unspecified atom stereocenters. The van der Waals surface area contributed by atoms with Gasteiger partial charge in [-0.2, -0.15) is 0 Å². The lowest BCUT2D eigenvalue weighted by Crippen LogP contribution is -2.40. The van der Waals surface area contributed by atoms with Crippen molar-refractivity contribution in [1.82, 2.24) is 4.90 Å². The highest BCUT2D eigenvalue weighted by atomic mass is 31.1. The lowest BCUT2D eigenvalue weighted by molar-refractivity contribution is -0.199. The lowest BCUT2D eigenvalue weighted by Gasteiger charge is -2.36. The fourth-order valence-corrected chi connectivity index (χ4v) is 6.48. The number of rotatable bonds is 18. The van der Waals surface area contributed by atoms with E-state index in [2.05, 4.69) is 81.1 Å². The second kappa shape index (κ2) is 15.5. The third kappa shape index (κ3) is 15.2. The lowest BCUT2D eigenvalue weighted by atomic mass is 10.4. The molecule has 0 fully saturated rings. The van der Waals surface area contributed by atoms with E-state index in [1.807, 2.05) is 0 Å². The molecule has 0 aliphatic heterocycles. The summed E-state index contributed by atoms with van der Waals surface area (Å²) in [5.41, 5.74) is -1.08. The van der Waals surface area contributed by atoms with Gasteiger partial charge in [0, 0.05) is 20.2 Å². The smallest absolute Gasteiger partial charge is 0.181 e. The maximum atomic E-state index is 6.13. The third-order valence-electron chi connectivity index (χ3n) is 4.39. The summed E-state index contributed by atoms with van der Waals surface area (Å²) in [6, 6.07) is 0. The molecule has 0 saturated heterocycles. The Labute approximate surface area is 196 Å². The first kappa shape index (κ1) is 31.6. The van der Waals surface area contributed by atoms with Crippen LogP contribution in [0.4, 0.5) is 0 Å². The molecule has 0 bridgehead atoms. The van der Waals surface area contributed by atoms with Crippen molar-refractivity contribution in [3.63, 3.8) is 0 Å². The first-order chi connectivity index (χ1) is 14.2. The molecule has 0 amide bonds. The summed E-state index contributed by atoms with van der Waals surface area (Å²) >= 11 is 0. The minimum Gasteiger partial charge on any atom is -0.367 e. The highest BCUT2D eigenvalue weighted by Gasteiger charge is 2.30. The summed E-state index contributed by atoms with van der Waals surface area (Å²) in [7, 11) is 2.86. The Morgan fingerprint density at radius 2 is 0.903 bits per heavy atom. The van der Waals surface area contributed by atoms with Gasteiger partial charge in [0.1, 0.15) is 6.23 Å². The Morgan fingerprint density at radius 3 is 1.13 bits per heavy atom. The van der Waals surface area contributed by atoms with Crippen LogP contribution in [-0.2, 0) is 23.7 Å². The van der Waals surface area contributed by atoms with Gasteiger partial charge in [0.2, 0.25) is 0 Å². The summed E-state index contributed by atoms with van der Waals surface area (Å²) in [6.07, 6.45) is 2.57. The molecule has 0 saturated carbocycles. The molecule has 8 heteroatoms. The van der Waals surface area contributed by atoms with E-state index < -0.39 is 11.1 Å². The fraction of sp³-hybridized carbons (Fsp3) is 1.00. The van der Waals surface area contributed by atoms with Crippen molar-refractivity contribution < 1.29 is 23.7 Å². The quantitative estimate of drug-likeness (QED) is 0.185. The first-order valence-corrected chi connectivity index (χ1v) is 14.1. The van der Waals surface area contributed by atoms with Crippen LogP contribution in [-0.4, -0.2) is 79.1 Å². The van der Waals surface area contributed by atoms with Crippen molar-refractivity contribution >= 4 is 17.2 Å². The summed E-state index contributed by atoms with van der Waals surface area (Å²) in [6.45, 7) is 24.6. The van der Waals surface area contributed by atoms with Gasteiger partial charge < -0.3 is 23.7 Å². The Morgan fingerprint density at radius 1 is 0.613 bits per heavy atom. The average Bonchev–Trinajstić information content (AvgIpc) is 2.56. The number of hydrogen-bond donors (Lipinski definition) is 0. The monoisotopic (exact) mass is 483 g/mol. The Hall–Kier alpha value is 0.620. The maximum absolute atomic E-state index is 6.13. The van der Waals surface area contributed by atoms with E-state index >= 15 is 0 Å². The zero-order valence-corrected chi connectivity index (χ0v) is 24.2. The summed E-state index contributed by atoms with van der Waals surface area (Å²) in [5.74, 6) is 0. The van der Waals surface area contributed by atoms with E-state index in [0.29, 0.717) is 17.2 Å². The van der Waals surface area contributed by atoms with Gasteiger partial charge in [-0.3, -0.25) is 4.90 Å². The van der Waals surface area contributed by atoms with Gasteiger partial charge in [-0.25, -0.2) is 0 Å². The Bertz CT molecular complexity index is 407. The summed E-state index contributed by atoms with van der Waals surface area (Å²) < 4.78 is 30.1. The van der Waals surface area contributed by atoms with E-state index in [1.165, 1.54) is 0 Å². The van der Waals surface area contributed by atoms with Crippen LogP contribution in [0, 0.1) is 0 Å². The van der Waals surface area contributed by atoms with Crippen molar-refractivity contribution in [3.8, 4) is 0 Å². The van der Waals surface area contributed by atoms with Crippen LogP contribution in [0.5, 0.6) is 0 Å². The largest absolute Gasteiger partial charge is 0.367 e. The van der Waals surface area contributed by atoms with E-state index in [9.17, 15) is 0 Å². The Kier molecular flexibility index (Phi) is 15.8. The van der Waals surface area contributed by atoms with Crippen molar-refractivity contribution in [2.75, 3.05) is 32.5 Å². The normalized spacial score (nSPS) is 15.4. The number of hydrogen-bond acceptors (Lipinski definition) is 6. The number of nitrogens with zero attached hydrogens (tertiary/aromatic N) is 1. The average molecular weight is 484 g/mol. The SMILES string of the molecule is COC(C)N(CCPC(C)(OC(C)C)OC(C)C)CCPC(C)(OC(C)C)OC(C)C. The highest BCUT2D eigenvalue weighted by molar-refractivity contribution is 7.39. The molecule has 0 aromatic heterocycles. The molecule has 0 aliphatic rings. The topological polar surface area (TPSA) is 49.4 Å². The van der Waals surface area contributed by atoms with Crippen LogP contribution < -0.4 is 0 Å². The van der Waals surface area contributed by atoms with Gasteiger partial charge in [0.15, 0.2) is 11.1 Å². The summed E-state index contributed by atoms with van der Waals surface area (Å²) in [5, 5.41) is 0. The minimum atomic E-state index is -0.541. The molecule has 0 aromatic carbocycles. The zero-order valence-electron chi connectivity index (χ0n) is 22.2. The molecular weight excluding hydrogens is 432 g/mol. The highest BCUT2D eigenvalue weighted by Crippen LogP contribution is 2.38. The van der Waals surface area contributed by atoms with Gasteiger partial charge in [0.05, 0.1) is 24.4 Å². The van der Waals surface area contributed by atoms with Crippen molar-refractivity contribution in [2.45, 2.75) is 118 Å². The second-order valence-electron chi connectivity index (χ2n) is 9.28. The molecule has 0 heterocycles. The fourth-order valence-electron chi connectivity index (χ4n) is 3.50. The van der Waals surface area contributed by atoms with E-state index in [4.69, 9.17) is 23.7 Å². The molecule has 6 nitrogen and oxygen atoms in total. The van der Waals surface area contributed by atoms with Crippen LogP contribution in [0.25, 0.3) is 0 Å². The standard InChI is InChI=1S/C23H51NO5P2/c1-17(2)26-22(10,27-18(3)4)30-15-13-24(21(9)25-12)14-16-31-23(11,28-19(5)6)29-20(7)8/h17-21,30-31H,13-16H2,1-12H3. The maximum Gasteiger partial charge on any atom is 0.181 e.